The van der Waals surface area contributed by atoms with Crippen molar-refractivity contribution < 1.29 is 60.3 Å². The third kappa shape index (κ3) is 38.3. The average molecular weight is 505 g/mol. The standard InChI is InChI=1S/2C7H7Cl.Na.2H3O3PS.H/c2*1-6-3-2-4-7(8)5-6;;2*1-4(2,3)5;/h2*2-5H,1H3;;2*(H3,1,2,3,5);/q;;+1;;;-1. The number of aryl methyl sites for hydroxylation is 2. The van der Waals surface area contributed by atoms with Crippen molar-refractivity contribution in [3.8, 4) is 0 Å². The van der Waals surface area contributed by atoms with E-state index < -0.39 is 13.4 Å². The second-order valence-electron chi connectivity index (χ2n) is 4.62. The Hall–Kier alpha value is 1.08. The molecule has 0 fully saturated rings. The van der Waals surface area contributed by atoms with Crippen LogP contribution < -0.4 is 29.6 Å². The molecular weight excluding hydrogens is 484 g/mol. The SMILES string of the molecule is Cc1cccc(Cl)c1.Cc1cccc(Cl)c1.OP(O)(O)=S.OP(O)(O)=S.[H-].[Na+]. The smallest absolute Gasteiger partial charge is 1.00 e. The number of rotatable bonds is 0. The molecule has 0 unspecified atom stereocenters. The van der Waals surface area contributed by atoms with Gasteiger partial charge in [-0.05, 0) is 72.9 Å². The zero-order valence-electron chi connectivity index (χ0n) is 15.8. The summed E-state index contributed by atoms with van der Waals surface area (Å²) in [5, 5.41) is 1.62. The van der Waals surface area contributed by atoms with Crippen molar-refractivity contribution in [1.82, 2.24) is 0 Å². The number of halogens is 2. The molecule has 13 heteroatoms. The summed E-state index contributed by atoms with van der Waals surface area (Å²) in [5.74, 6) is 0. The molecule has 2 rings (SSSR count). The fourth-order valence-electron chi connectivity index (χ4n) is 1.21. The zero-order valence-corrected chi connectivity index (χ0v) is 21.7. The maximum Gasteiger partial charge on any atom is 1.00 e. The first kappa shape index (κ1) is 32.7. The van der Waals surface area contributed by atoms with Gasteiger partial charge in [0, 0.05) is 10.0 Å². The third-order valence-corrected chi connectivity index (χ3v) is 2.43. The van der Waals surface area contributed by atoms with Gasteiger partial charge < -0.3 is 30.8 Å². The van der Waals surface area contributed by atoms with Gasteiger partial charge in [-0.25, -0.2) is 0 Å². The Labute approximate surface area is 202 Å². The molecule has 0 saturated carbocycles. The van der Waals surface area contributed by atoms with Gasteiger partial charge in [-0.15, -0.1) is 0 Å². The molecule has 0 radical (unpaired) electrons. The Morgan fingerprint density at radius 3 is 1.04 bits per heavy atom. The van der Waals surface area contributed by atoms with Gasteiger partial charge in [0.2, 0.25) is 0 Å². The van der Waals surface area contributed by atoms with Crippen molar-refractivity contribution in [2.24, 2.45) is 0 Å². The van der Waals surface area contributed by atoms with Crippen LogP contribution in [0, 0.1) is 13.8 Å². The van der Waals surface area contributed by atoms with E-state index in [0.29, 0.717) is 0 Å². The molecule has 0 amide bonds. The molecule has 0 atom stereocenters. The van der Waals surface area contributed by atoms with Crippen LogP contribution in [-0.2, 0) is 23.6 Å². The molecule has 0 aliphatic heterocycles. The zero-order chi connectivity index (χ0) is 21.0. The van der Waals surface area contributed by atoms with Crippen molar-refractivity contribution in [3.63, 3.8) is 0 Å². The predicted molar refractivity (Wildman–Crippen MR) is 115 cm³/mol. The van der Waals surface area contributed by atoms with Crippen LogP contribution >= 0.6 is 36.6 Å². The molecular formula is C14H21Cl2NaO6P2S2. The summed E-state index contributed by atoms with van der Waals surface area (Å²) < 4.78 is 0. The molecule has 2 aromatic carbocycles. The van der Waals surface area contributed by atoms with Crippen molar-refractivity contribution in [2.75, 3.05) is 0 Å². The summed E-state index contributed by atoms with van der Waals surface area (Å²) >= 11 is 18.5. The minimum atomic E-state index is -3.81. The monoisotopic (exact) mass is 504 g/mol. The van der Waals surface area contributed by atoms with Crippen LogP contribution in [0.2, 0.25) is 10.0 Å². The van der Waals surface area contributed by atoms with Gasteiger partial charge in [-0.2, -0.15) is 0 Å². The van der Waals surface area contributed by atoms with Crippen molar-refractivity contribution in [2.45, 2.75) is 13.8 Å². The summed E-state index contributed by atoms with van der Waals surface area (Å²) in [7, 11) is 0. The second kappa shape index (κ2) is 16.8. The van der Waals surface area contributed by atoms with Gasteiger partial charge in [0.25, 0.3) is 0 Å². The molecule has 27 heavy (non-hydrogen) atoms. The van der Waals surface area contributed by atoms with Crippen LogP contribution in [0.1, 0.15) is 12.6 Å². The van der Waals surface area contributed by atoms with Crippen molar-refractivity contribution in [3.05, 3.63) is 69.7 Å². The maximum absolute atomic E-state index is 7.56. The summed E-state index contributed by atoms with van der Waals surface area (Å²) in [6.45, 7) is -3.57. The quantitative estimate of drug-likeness (QED) is 0.230. The van der Waals surface area contributed by atoms with Crippen LogP contribution in [0.5, 0.6) is 0 Å². The van der Waals surface area contributed by atoms with E-state index in [2.05, 4.69) is 23.6 Å². The van der Waals surface area contributed by atoms with Crippen LogP contribution in [0.25, 0.3) is 0 Å². The molecule has 6 N–H and O–H groups in total. The molecule has 0 saturated heterocycles. The summed E-state index contributed by atoms with van der Waals surface area (Å²) in [6, 6.07) is 15.5. The van der Waals surface area contributed by atoms with E-state index in [9.17, 15) is 0 Å². The summed E-state index contributed by atoms with van der Waals surface area (Å²) in [6.07, 6.45) is 0. The van der Waals surface area contributed by atoms with Gasteiger partial charge >= 0.3 is 43.0 Å². The average Bonchev–Trinajstić information content (AvgIpc) is 2.34. The molecule has 150 valence electrons. The van der Waals surface area contributed by atoms with Gasteiger partial charge in [-0.1, -0.05) is 47.5 Å². The Morgan fingerprint density at radius 1 is 0.704 bits per heavy atom. The Balaban J connectivity index is -0.000000138. The largest absolute Gasteiger partial charge is 1.00 e. The summed E-state index contributed by atoms with van der Waals surface area (Å²) in [5.41, 5.74) is 2.41. The van der Waals surface area contributed by atoms with Gasteiger partial charge in [-0.3, -0.25) is 0 Å². The molecule has 0 heterocycles. The minimum Gasteiger partial charge on any atom is -1.00 e. The van der Waals surface area contributed by atoms with E-state index in [1.165, 1.54) is 11.1 Å². The van der Waals surface area contributed by atoms with Gasteiger partial charge in [0.1, 0.15) is 0 Å². The van der Waals surface area contributed by atoms with Crippen LogP contribution in [-0.4, -0.2) is 29.4 Å². The van der Waals surface area contributed by atoms with E-state index in [-0.39, 0.29) is 31.0 Å². The van der Waals surface area contributed by atoms with Crippen molar-refractivity contribution in [1.29, 1.82) is 0 Å². The number of benzene rings is 2. The Kier molecular flexibility index (Phi) is 20.4. The fourth-order valence-corrected chi connectivity index (χ4v) is 1.70. The van der Waals surface area contributed by atoms with Crippen LogP contribution in [0.15, 0.2) is 48.5 Å². The number of hydrogen-bond donors (Lipinski definition) is 6. The molecule has 6 nitrogen and oxygen atoms in total. The molecule has 0 spiro atoms. The fraction of sp³-hybridized carbons (Fsp3) is 0.143. The Bertz CT molecular complexity index is 650. The van der Waals surface area contributed by atoms with E-state index >= 15 is 0 Å². The van der Waals surface area contributed by atoms with Crippen molar-refractivity contribution >= 4 is 60.3 Å². The molecule has 0 aliphatic carbocycles. The van der Waals surface area contributed by atoms with E-state index in [4.69, 9.17) is 52.6 Å². The molecule has 0 aliphatic rings. The van der Waals surface area contributed by atoms with Crippen LogP contribution in [0.3, 0.4) is 0 Å². The first-order chi connectivity index (χ1) is 11.6. The van der Waals surface area contributed by atoms with E-state index in [1.54, 1.807) is 0 Å². The normalized spacial score (nSPS) is 9.85. The first-order valence-electron chi connectivity index (χ1n) is 6.59. The maximum atomic E-state index is 7.56. The van der Waals surface area contributed by atoms with Gasteiger partial charge in [0.05, 0.1) is 0 Å². The molecule has 2 aromatic rings. The van der Waals surface area contributed by atoms with E-state index in [0.717, 1.165) is 10.0 Å². The molecule has 0 bridgehead atoms. The second-order valence-corrected chi connectivity index (χ2v) is 10.5. The number of hydrogen-bond acceptors (Lipinski definition) is 2. The summed E-state index contributed by atoms with van der Waals surface area (Å²) in [4.78, 5) is 45.3. The van der Waals surface area contributed by atoms with Crippen LogP contribution in [0.4, 0.5) is 0 Å². The van der Waals surface area contributed by atoms with Gasteiger partial charge in [0.15, 0.2) is 0 Å². The van der Waals surface area contributed by atoms with E-state index in [1.807, 2.05) is 62.4 Å². The predicted octanol–water partition coefficient (Wildman–Crippen LogP) is 0.789. The molecule has 0 aromatic heterocycles. The Morgan fingerprint density at radius 2 is 0.926 bits per heavy atom. The topological polar surface area (TPSA) is 121 Å². The first-order valence-corrected chi connectivity index (χ1v) is 12.7. The third-order valence-electron chi connectivity index (χ3n) is 1.96. The minimum absolute atomic E-state index is 0.